The molecular formula is C10H17. The molecule has 0 aromatic rings. The van der Waals surface area contributed by atoms with Crippen LogP contribution in [-0.4, -0.2) is 0 Å². The first-order valence-electron chi connectivity index (χ1n) is 4.58. The summed E-state index contributed by atoms with van der Waals surface area (Å²) >= 11 is 0. The summed E-state index contributed by atoms with van der Waals surface area (Å²) in [7, 11) is 0. The molecule has 0 amide bonds. The lowest BCUT2D eigenvalue weighted by Gasteiger charge is -2.21. The van der Waals surface area contributed by atoms with Gasteiger partial charge in [-0.25, -0.2) is 0 Å². The van der Waals surface area contributed by atoms with Gasteiger partial charge < -0.3 is 0 Å². The van der Waals surface area contributed by atoms with E-state index in [1.807, 2.05) is 5.92 Å². The van der Waals surface area contributed by atoms with Gasteiger partial charge in [0, 0.05) is 0 Å². The highest BCUT2D eigenvalue weighted by atomic mass is 14.5. The van der Waals surface area contributed by atoms with E-state index in [0.717, 1.165) is 11.3 Å². The minimum Gasteiger partial charge on any atom is -0.0619 e. The monoisotopic (exact) mass is 137 g/mol. The third kappa shape index (κ3) is 0.889. The van der Waals surface area contributed by atoms with Crippen molar-refractivity contribution in [3.8, 4) is 0 Å². The minimum absolute atomic E-state index is 0.718. The van der Waals surface area contributed by atoms with Crippen LogP contribution in [0.25, 0.3) is 0 Å². The summed E-state index contributed by atoms with van der Waals surface area (Å²) < 4.78 is 0. The average Bonchev–Trinajstić information content (AvgIpc) is 2.44. The maximum absolute atomic E-state index is 2.45. The first-order chi connectivity index (χ1) is 4.72. The van der Waals surface area contributed by atoms with Gasteiger partial charge >= 0.3 is 0 Å². The van der Waals surface area contributed by atoms with Gasteiger partial charge in [-0.3, -0.25) is 0 Å². The first-order valence-corrected chi connectivity index (χ1v) is 4.58. The molecule has 0 N–H and O–H groups in total. The van der Waals surface area contributed by atoms with Crippen LogP contribution in [0.1, 0.15) is 46.0 Å². The second-order valence-electron chi connectivity index (χ2n) is 4.38. The molecule has 0 saturated heterocycles. The lowest BCUT2D eigenvalue weighted by atomic mass is 9.83. The van der Waals surface area contributed by atoms with Gasteiger partial charge in [0.15, 0.2) is 0 Å². The van der Waals surface area contributed by atoms with E-state index < -0.39 is 0 Å². The summed E-state index contributed by atoms with van der Waals surface area (Å²) in [4.78, 5) is 0. The zero-order valence-corrected chi connectivity index (χ0v) is 7.11. The Hall–Kier alpha value is 0. The van der Waals surface area contributed by atoms with Gasteiger partial charge in [-0.1, -0.05) is 26.7 Å². The molecule has 0 spiro atoms. The van der Waals surface area contributed by atoms with E-state index in [2.05, 4.69) is 13.8 Å². The van der Waals surface area contributed by atoms with Crippen LogP contribution in [0.15, 0.2) is 0 Å². The van der Waals surface area contributed by atoms with Crippen LogP contribution >= 0.6 is 0 Å². The van der Waals surface area contributed by atoms with E-state index in [1.54, 1.807) is 0 Å². The van der Waals surface area contributed by atoms with Crippen LogP contribution in [0.4, 0.5) is 0 Å². The fraction of sp³-hybridized carbons (Fsp3) is 0.900. The molecule has 57 valence electrons. The SMILES string of the molecule is CC1CCC[C]1C1(C)CC1. The molecule has 1 radical (unpaired) electrons. The maximum atomic E-state index is 2.45. The van der Waals surface area contributed by atoms with Crippen molar-refractivity contribution in [1.82, 2.24) is 0 Å². The van der Waals surface area contributed by atoms with E-state index in [-0.39, 0.29) is 0 Å². The number of hydrogen-bond acceptors (Lipinski definition) is 0. The first kappa shape index (κ1) is 6.69. The fourth-order valence-electron chi connectivity index (χ4n) is 2.42. The average molecular weight is 137 g/mol. The summed E-state index contributed by atoms with van der Waals surface area (Å²) in [5.41, 5.74) is 0.718. The van der Waals surface area contributed by atoms with Crippen molar-refractivity contribution in [2.75, 3.05) is 0 Å². The predicted molar refractivity (Wildman–Crippen MR) is 43.6 cm³/mol. The summed E-state index contributed by atoms with van der Waals surface area (Å²) in [5.74, 6) is 2.85. The summed E-state index contributed by atoms with van der Waals surface area (Å²) in [5, 5.41) is 0. The number of rotatable bonds is 1. The predicted octanol–water partition coefficient (Wildman–Crippen LogP) is 3.18. The third-order valence-electron chi connectivity index (χ3n) is 3.45. The summed E-state index contributed by atoms with van der Waals surface area (Å²) in [6.45, 7) is 4.86. The van der Waals surface area contributed by atoms with E-state index in [9.17, 15) is 0 Å². The van der Waals surface area contributed by atoms with Gasteiger partial charge in [-0.05, 0) is 36.5 Å². The minimum atomic E-state index is 0.718. The van der Waals surface area contributed by atoms with Crippen molar-refractivity contribution in [1.29, 1.82) is 0 Å². The van der Waals surface area contributed by atoms with Crippen molar-refractivity contribution in [3.05, 3.63) is 5.92 Å². The Morgan fingerprint density at radius 2 is 2.10 bits per heavy atom. The van der Waals surface area contributed by atoms with Crippen molar-refractivity contribution in [3.63, 3.8) is 0 Å². The van der Waals surface area contributed by atoms with Crippen molar-refractivity contribution in [2.24, 2.45) is 11.3 Å². The van der Waals surface area contributed by atoms with Crippen LogP contribution in [0.3, 0.4) is 0 Å². The highest BCUT2D eigenvalue weighted by Crippen LogP contribution is 2.59. The zero-order chi connectivity index (χ0) is 7.19. The Bertz CT molecular complexity index is 133. The largest absolute Gasteiger partial charge is 0.0619 e. The standard InChI is InChI=1S/C10H17/c1-8-4-3-5-9(8)10(2)6-7-10/h8H,3-7H2,1-2H3. The molecule has 0 aromatic carbocycles. The van der Waals surface area contributed by atoms with Crippen molar-refractivity contribution < 1.29 is 0 Å². The molecule has 2 saturated carbocycles. The second kappa shape index (κ2) is 1.99. The Morgan fingerprint density at radius 1 is 1.40 bits per heavy atom. The molecule has 1 unspecified atom stereocenters. The second-order valence-corrected chi connectivity index (χ2v) is 4.38. The van der Waals surface area contributed by atoms with Crippen LogP contribution < -0.4 is 0 Å². The quantitative estimate of drug-likeness (QED) is 0.520. The lowest BCUT2D eigenvalue weighted by Crippen LogP contribution is -2.12. The highest BCUT2D eigenvalue weighted by molar-refractivity contribution is 5.17. The van der Waals surface area contributed by atoms with Crippen LogP contribution in [0, 0.1) is 17.3 Å². The van der Waals surface area contributed by atoms with Crippen LogP contribution in [-0.2, 0) is 0 Å². The Morgan fingerprint density at radius 3 is 2.50 bits per heavy atom. The van der Waals surface area contributed by atoms with Gasteiger partial charge in [0.2, 0.25) is 0 Å². The summed E-state index contributed by atoms with van der Waals surface area (Å²) in [6, 6.07) is 0. The molecule has 2 aliphatic carbocycles. The third-order valence-corrected chi connectivity index (χ3v) is 3.45. The van der Waals surface area contributed by atoms with E-state index >= 15 is 0 Å². The summed E-state index contributed by atoms with van der Waals surface area (Å²) in [6.07, 6.45) is 7.33. The molecule has 0 nitrogen and oxygen atoms in total. The number of hydrogen-bond donors (Lipinski definition) is 0. The Balaban J connectivity index is 2.03. The molecule has 10 heavy (non-hydrogen) atoms. The van der Waals surface area contributed by atoms with E-state index in [4.69, 9.17) is 0 Å². The normalized spacial score (nSPS) is 38.4. The van der Waals surface area contributed by atoms with Crippen LogP contribution in [0.2, 0.25) is 0 Å². The molecule has 1 atom stereocenters. The van der Waals surface area contributed by atoms with Crippen LogP contribution in [0.5, 0.6) is 0 Å². The van der Waals surface area contributed by atoms with Gasteiger partial charge in [0.1, 0.15) is 0 Å². The highest BCUT2D eigenvalue weighted by Gasteiger charge is 2.48. The molecule has 0 heteroatoms. The Kier molecular flexibility index (Phi) is 1.33. The molecule has 0 aromatic heterocycles. The van der Waals surface area contributed by atoms with Crippen molar-refractivity contribution >= 4 is 0 Å². The molecule has 0 bridgehead atoms. The zero-order valence-electron chi connectivity index (χ0n) is 7.11. The lowest BCUT2D eigenvalue weighted by molar-refractivity contribution is 0.477. The topological polar surface area (TPSA) is 0 Å². The van der Waals surface area contributed by atoms with Gasteiger partial charge in [0.25, 0.3) is 0 Å². The maximum Gasteiger partial charge on any atom is -0.0154 e. The fourth-order valence-corrected chi connectivity index (χ4v) is 2.42. The van der Waals surface area contributed by atoms with E-state index in [1.165, 1.54) is 32.1 Å². The Labute approximate surface area is 64.0 Å². The smallest absolute Gasteiger partial charge is 0.0154 e. The van der Waals surface area contributed by atoms with Gasteiger partial charge in [-0.15, -0.1) is 0 Å². The molecule has 0 heterocycles. The van der Waals surface area contributed by atoms with Gasteiger partial charge in [-0.2, -0.15) is 0 Å². The van der Waals surface area contributed by atoms with E-state index in [0.29, 0.717) is 0 Å². The van der Waals surface area contributed by atoms with Crippen molar-refractivity contribution in [2.45, 2.75) is 46.0 Å². The molecule has 2 rings (SSSR count). The molecular weight excluding hydrogens is 120 g/mol. The molecule has 0 aliphatic heterocycles. The molecule has 2 fully saturated rings. The molecule has 2 aliphatic rings. The van der Waals surface area contributed by atoms with Gasteiger partial charge in [0.05, 0.1) is 0 Å².